The molecule has 0 atom stereocenters. The highest BCUT2D eigenvalue weighted by Crippen LogP contribution is 2.21. The average Bonchev–Trinajstić information content (AvgIpc) is 3.32. The van der Waals surface area contributed by atoms with E-state index in [1.807, 2.05) is 10.8 Å². The Bertz CT molecular complexity index is 801. The van der Waals surface area contributed by atoms with Crippen molar-refractivity contribution in [2.75, 3.05) is 23.0 Å². The van der Waals surface area contributed by atoms with E-state index in [9.17, 15) is 4.79 Å². The number of nitrogen functional groups attached to an aromatic ring is 1. The third kappa shape index (κ3) is 4.25. The predicted molar refractivity (Wildman–Crippen MR) is 91.6 cm³/mol. The van der Waals surface area contributed by atoms with Gasteiger partial charge in [0.05, 0.1) is 12.6 Å². The highest BCUT2D eigenvalue weighted by molar-refractivity contribution is 5.92. The number of hydrogen-bond acceptors (Lipinski definition) is 8. The second-order valence-corrected chi connectivity index (χ2v) is 5.12. The molecule has 0 fully saturated rings. The second kappa shape index (κ2) is 7.81. The lowest BCUT2D eigenvalue weighted by atomic mass is 10.4. The number of rotatable bonds is 8. The van der Waals surface area contributed by atoms with Crippen molar-refractivity contribution in [1.29, 1.82) is 0 Å². The number of amides is 1. The fourth-order valence-electron chi connectivity index (χ4n) is 2.11. The number of carbonyl (C=O) groups is 1. The van der Waals surface area contributed by atoms with Gasteiger partial charge in [-0.3, -0.25) is 15.6 Å². The summed E-state index contributed by atoms with van der Waals surface area (Å²) < 4.78 is 6.99. The molecule has 0 unspecified atom stereocenters. The van der Waals surface area contributed by atoms with Gasteiger partial charge in [0.15, 0.2) is 17.4 Å². The van der Waals surface area contributed by atoms with Gasteiger partial charge >= 0.3 is 5.91 Å². The number of hydrazine groups is 1. The molecule has 0 bridgehead atoms. The maximum Gasteiger partial charge on any atom is 0.305 e. The van der Waals surface area contributed by atoms with E-state index in [0.717, 1.165) is 13.0 Å². The van der Waals surface area contributed by atoms with Gasteiger partial charge in [-0.2, -0.15) is 0 Å². The predicted octanol–water partition coefficient (Wildman–Crippen LogP) is 1.11. The van der Waals surface area contributed by atoms with Crippen LogP contribution in [0.25, 0.3) is 0 Å². The van der Waals surface area contributed by atoms with Crippen molar-refractivity contribution in [3.8, 4) is 0 Å². The monoisotopic (exact) mass is 342 g/mol. The molecule has 0 radical (unpaired) electrons. The second-order valence-electron chi connectivity index (χ2n) is 5.12. The minimum absolute atomic E-state index is 0.179. The molecule has 1 amide bonds. The summed E-state index contributed by atoms with van der Waals surface area (Å²) in [7, 11) is 0. The van der Waals surface area contributed by atoms with Crippen LogP contribution in [-0.2, 0) is 6.54 Å². The SMILES string of the molecule is Nc1c(NCCCn2ccnc2)ncnc1NNC(=O)c1ccco1. The van der Waals surface area contributed by atoms with Gasteiger partial charge in [-0.25, -0.2) is 15.0 Å². The van der Waals surface area contributed by atoms with E-state index in [4.69, 9.17) is 10.2 Å². The first-order chi connectivity index (χ1) is 12.2. The number of furan rings is 1. The van der Waals surface area contributed by atoms with Crippen molar-refractivity contribution in [3.05, 3.63) is 49.2 Å². The molecule has 3 aromatic rings. The van der Waals surface area contributed by atoms with Gasteiger partial charge in [0.2, 0.25) is 0 Å². The first kappa shape index (κ1) is 16.3. The van der Waals surface area contributed by atoms with Crippen LogP contribution in [-0.4, -0.2) is 32.0 Å². The van der Waals surface area contributed by atoms with Crippen molar-refractivity contribution >= 4 is 23.2 Å². The molecule has 0 aliphatic carbocycles. The van der Waals surface area contributed by atoms with Crippen molar-refractivity contribution < 1.29 is 9.21 Å². The zero-order chi connectivity index (χ0) is 17.5. The standard InChI is InChI=1S/C15H18N8O2/c16-12-13(18-4-2-6-23-7-5-17-10-23)19-9-20-14(12)21-22-15(24)11-3-1-8-25-11/h1,3,5,7-10H,2,4,6,16H2,(H,22,24)(H2,18,19,20,21). The molecule has 0 saturated heterocycles. The van der Waals surface area contributed by atoms with E-state index in [0.29, 0.717) is 23.9 Å². The molecule has 0 aliphatic rings. The minimum Gasteiger partial charge on any atom is -0.459 e. The number of aromatic nitrogens is 4. The summed E-state index contributed by atoms with van der Waals surface area (Å²) in [6.07, 6.45) is 9.06. The van der Waals surface area contributed by atoms with E-state index in [2.05, 4.69) is 31.1 Å². The minimum atomic E-state index is -0.433. The number of imidazole rings is 1. The number of nitrogens with zero attached hydrogens (tertiary/aromatic N) is 4. The van der Waals surface area contributed by atoms with E-state index in [1.165, 1.54) is 12.6 Å². The van der Waals surface area contributed by atoms with Crippen LogP contribution in [0.4, 0.5) is 17.3 Å². The van der Waals surface area contributed by atoms with Gasteiger partial charge in [0.25, 0.3) is 0 Å². The lowest BCUT2D eigenvalue weighted by Gasteiger charge is -2.12. The van der Waals surface area contributed by atoms with E-state index in [1.54, 1.807) is 24.7 Å². The van der Waals surface area contributed by atoms with E-state index < -0.39 is 5.91 Å². The van der Waals surface area contributed by atoms with Gasteiger partial charge in [-0.1, -0.05) is 0 Å². The molecular formula is C15H18N8O2. The Kier molecular flexibility index (Phi) is 5.10. The van der Waals surface area contributed by atoms with Gasteiger partial charge < -0.3 is 20.0 Å². The van der Waals surface area contributed by atoms with Crippen molar-refractivity contribution in [2.24, 2.45) is 0 Å². The lowest BCUT2D eigenvalue weighted by molar-refractivity contribution is 0.0935. The molecule has 3 rings (SSSR count). The Morgan fingerprint density at radius 3 is 2.96 bits per heavy atom. The van der Waals surface area contributed by atoms with Gasteiger partial charge in [0.1, 0.15) is 12.0 Å². The fraction of sp³-hybridized carbons (Fsp3) is 0.200. The summed E-state index contributed by atoms with van der Waals surface area (Å²) in [5.41, 5.74) is 11.5. The molecule has 0 saturated carbocycles. The smallest absolute Gasteiger partial charge is 0.305 e. The summed E-state index contributed by atoms with van der Waals surface area (Å²) in [6, 6.07) is 3.17. The third-order valence-electron chi connectivity index (χ3n) is 3.37. The quantitative estimate of drug-likeness (QED) is 0.353. The summed E-state index contributed by atoms with van der Waals surface area (Å²) in [4.78, 5) is 23.9. The van der Waals surface area contributed by atoms with E-state index >= 15 is 0 Å². The zero-order valence-corrected chi connectivity index (χ0v) is 13.3. The van der Waals surface area contributed by atoms with Crippen LogP contribution in [0.2, 0.25) is 0 Å². The average molecular weight is 342 g/mol. The van der Waals surface area contributed by atoms with Crippen LogP contribution >= 0.6 is 0 Å². The number of nitrogens with one attached hydrogen (secondary N) is 3. The first-order valence-corrected chi connectivity index (χ1v) is 7.64. The number of hydrogen-bond donors (Lipinski definition) is 4. The molecule has 130 valence electrons. The van der Waals surface area contributed by atoms with E-state index in [-0.39, 0.29) is 5.76 Å². The molecule has 10 nitrogen and oxygen atoms in total. The van der Waals surface area contributed by atoms with Crippen LogP contribution in [0.15, 0.2) is 47.9 Å². The highest BCUT2D eigenvalue weighted by Gasteiger charge is 2.11. The largest absolute Gasteiger partial charge is 0.459 e. The number of aryl methyl sites for hydroxylation is 1. The normalized spacial score (nSPS) is 10.4. The van der Waals surface area contributed by atoms with Crippen molar-refractivity contribution in [3.63, 3.8) is 0 Å². The molecular weight excluding hydrogens is 324 g/mol. The Hall–Kier alpha value is -3.56. The van der Waals surface area contributed by atoms with Gasteiger partial charge in [-0.15, -0.1) is 0 Å². The number of anilines is 3. The molecule has 3 aromatic heterocycles. The molecule has 10 heteroatoms. The number of nitrogens with two attached hydrogens (primary N) is 1. The Morgan fingerprint density at radius 1 is 1.32 bits per heavy atom. The summed E-state index contributed by atoms with van der Waals surface area (Å²) in [5, 5.41) is 3.15. The molecule has 0 spiro atoms. The van der Waals surface area contributed by atoms with Crippen LogP contribution in [0.1, 0.15) is 17.0 Å². The zero-order valence-electron chi connectivity index (χ0n) is 13.3. The van der Waals surface area contributed by atoms with Crippen LogP contribution in [0.5, 0.6) is 0 Å². The molecule has 0 aliphatic heterocycles. The molecule has 25 heavy (non-hydrogen) atoms. The maximum atomic E-state index is 11.8. The summed E-state index contributed by atoms with van der Waals surface area (Å²) in [5.74, 6) is 0.540. The topological polar surface area (TPSA) is 136 Å². The Labute approximate surface area is 143 Å². The molecule has 3 heterocycles. The summed E-state index contributed by atoms with van der Waals surface area (Å²) >= 11 is 0. The van der Waals surface area contributed by atoms with Gasteiger partial charge in [-0.05, 0) is 18.6 Å². The molecule has 5 N–H and O–H groups in total. The van der Waals surface area contributed by atoms with Crippen LogP contribution in [0, 0.1) is 0 Å². The fourth-order valence-corrected chi connectivity index (χ4v) is 2.11. The summed E-state index contributed by atoms with van der Waals surface area (Å²) in [6.45, 7) is 1.51. The molecule has 0 aromatic carbocycles. The van der Waals surface area contributed by atoms with Crippen LogP contribution in [0.3, 0.4) is 0 Å². The first-order valence-electron chi connectivity index (χ1n) is 7.64. The van der Waals surface area contributed by atoms with Crippen molar-refractivity contribution in [2.45, 2.75) is 13.0 Å². The van der Waals surface area contributed by atoms with Crippen LogP contribution < -0.4 is 21.9 Å². The Morgan fingerprint density at radius 2 is 2.20 bits per heavy atom. The third-order valence-corrected chi connectivity index (χ3v) is 3.37. The number of carbonyl (C=O) groups excluding carboxylic acids is 1. The Balaban J connectivity index is 1.51. The highest BCUT2D eigenvalue weighted by atomic mass is 16.3. The maximum absolute atomic E-state index is 11.8. The lowest BCUT2D eigenvalue weighted by Crippen LogP contribution is -2.30. The van der Waals surface area contributed by atoms with Crippen molar-refractivity contribution in [1.82, 2.24) is 24.9 Å². The van der Waals surface area contributed by atoms with Gasteiger partial charge in [0, 0.05) is 25.5 Å².